The Labute approximate surface area is 132 Å². The fourth-order valence-electron chi connectivity index (χ4n) is 2.10. The van der Waals surface area contributed by atoms with E-state index >= 15 is 0 Å². The average Bonchev–Trinajstić information content (AvgIpc) is 2.53. The lowest BCUT2D eigenvalue weighted by Gasteiger charge is -2.00. The van der Waals surface area contributed by atoms with Crippen LogP contribution in [0.15, 0.2) is 47.3 Å². The van der Waals surface area contributed by atoms with E-state index in [0.717, 1.165) is 11.3 Å². The third-order valence-corrected chi connectivity index (χ3v) is 3.47. The molecule has 0 spiro atoms. The van der Waals surface area contributed by atoms with E-state index in [9.17, 15) is 4.79 Å². The molecule has 1 aromatic heterocycles. The normalized spacial score (nSPS) is 11.2. The predicted octanol–water partition coefficient (Wildman–Crippen LogP) is 3.76. The zero-order valence-electron chi connectivity index (χ0n) is 11.8. The fourth-order valence-corrected chi connectivity index (χ4v) is 2.27. The summed E-state index contributed by atoms with van der Waals surface area (Å²) >= 11 is 5.94. The maximum absolute atomic E-state index is 12.0. The zero-order valence-corrected chi connectivity index (χ0v) is 12.6. The topological polar surface area (TPSA) is 55.0 Å². The highest BCUT2D eigenvalue weighted by Crippen LogP contribution is 2.16. The first-order chi connectivity index (χ1) is 10.7. The molecule has 3 aromatic rings. The molecule has 22 heavy (non-hydrogen) atoms. The summed E-state index contributed by atoms with van der Waals surface area (Å²) in [5.41, 5.74) is 1.37. The number of ether oxygens (including phenoxy) is 1. The summed E-state index contributed by atoms with van der Waals surface area (Å²) in [6, 6.07) is 12.6. The molecule has 0 aliphatic carbocycles. The van der Waals surface area contributed by atoms with E-state index in [4.69, 9.17) is 16.3 Å². The van der Waals surface area contributed by atoms with E-state index in [1.807, 2.05) is 30.3 Å². The number of nitrogens with zero attached hydrogens (tertiary/aromatic N) is 1. The number of aromatic amines is 1. The van der Waals surface area contributed by atoms with E-state index in [1.165, 1.54) is 0 Å². The maximum atomic E-state index is 12.0. The van der Waals surface area contributed by atoms with Crippen molar-refractivity contribution in [1.82, 2.24) is 9.97 Å². The molecule has 0 aliphatic rings. The molecule has 2 aromatic carbocycles. The van der Waals surface area contributed by atoms with Gasteiger partial charge in [-0.1, -0.05) is 29.8 Å². The Morgan fingerprint density at radius 3 is 2.64 bits per heavy atom. The first-order valence-electron chi connectivity index (χ1n) is 6.67. The number of benzene rings is 2. The molecular weight excluding hydrogens is 300 g/mol. The molecule has 1 N–H and O–H groups in total. The van der Waals surface area contributed by atoms with E-state index in [-0.39, 0.29) is 5.56 Å². The van der Waals surface area contributed by atoms with Crippen LogP contribution in [0.4, 0.5) is 0 Å². The summed E-state index contributed by atoms with van der Waals surface area (Å²) in [6.45, 7) is 0. The van der Waals surface area contributed by atoms with Crippen LogP contribution in [0, 0.1) is 0 Å². The van der Waals surface area contributed by atoms with Crippen LogP contribution in [0.1, 0.15) is 11.4 Å². The number of halogens is 1. The van der Waals surface area contributed by atoms with Crippen molar-refractivity contribution in [3.63, 3.8) is 0 Å². The Morgan fingerprint density at radius 2 is 1.91 bits per heavy atom. The monoisotopic (exact) mass is 312 g/mol. The molecule has 3 rings (SSSR count). The predicted molar refractivity (Wildman–Crippen MR) is 89.3 cm³/mol. The van der Waals surface area contributed by atoms with Crippen LogP contribution < -0.4 is 10.3 Å². The van der Waals surface area contributed by atoms with Gasteiger partial charge in [0, 0.05) is 5.02 Å². The fraction of sp³-hybridized carbons (Fsp3) is 0.0588. The second kappa shape index (κ2) is 6.03. The number of nitrogens with one attached hydrogen (secondary N) is 1. The second-order valence-corrected chi connectivity index (χ2v) is 5.16. The highest BCUT2D eigenvalue weighted by atomic mass is 35.5. The Bertz CT molecular complexity index is 899. The Kier molecular flexibility index (Phi) is 3.94. The van der Waals surface area contributed by atoms with Crippen LogP contribution in [0.25, 0.3) is 23.1 Å². The van der Waals surface area contributed by atoms with Gasteiger partial charge in [0.25, 0.3) is 5.56 Å². The Morgan fingerprint density at radius 1 is 1.14 bits per heavy atom. The quantitative estimate of drug-likeness (QED) is 0.801. The largest absolute Gasteiger partial charge is 0.497 e. The number of fused-ring (bicyclic) bond motifs is 1. The van der Waals surface area contributed by atoms with Gasteiger partial charge in [-0.2, -0.15) is 0 Å². The first kappa shape index (κ1) is 14.4. The Balaban J connectivity index is 1.95. The molecule has 0 saturated carbocycles. The van der Waals surface area contributed by atoms with Crippen LogP contribution >= 0.6 is 11.6 Å². The van der Waals surface area contributed by atoms with Gasteiger partial charge in [0.2, 0.25) is 0 Å². The van der Waals surface area contributed by atoms with E-state index in [1.54, 1.807) is 31.4 Å². The van der Waals surface area contributed by atoms with Gasteiger partial charge in [-0.3, -0.25) is 4.79 Å². The number of hydrogen-bond donors (Lipinski definition) is 1. The molecule has 0 atom stereocenters. The lowest BCUT2D eigenvalue weighted by molar-refractivity contribution is 0.415. The van der Waals surface area contributed by atoms with Crippen molar-refractivity contribution in [3.05, 3.63) is 69.2 Å². The van der Waals surface area contributed by atoms with Gasteiger partial charge in [0.05, 0.1) is 18.0 Å². The van der Waals surface area contributed by atoms with Gasteiger partial charge in [-0.05, 0) is 42.0 Å². The smallest absolute Gasteiger partial charge is 0.259 e. The minimum absolute atomic E-state index is 0.184. The molecule has 0 fully saturated rings. The summed E-state index contributed by atoms with van der Waals surface area (Å²) in [5, 5.41) is 1.07. The van der Waals surface area contributed by atoms with Crippen molar-refractivity contribution in [2.24, 2.45) is 0 Å². The maximum Gasteiger partial charge on any atom is 0.259 e. The van der Waals surface area contributed by atoms with Gasteiger partial charge in [-0.25, -0.2) is 4.98 Å². The standard InChI is InChI=1S/C17H13ClN2O2/c1-22-13-6-2-11(3-7-13)4-9-16-19-15-10-12(18)5-8-14(15)17(21)20-16/h2-10H,1H3,(H,19,20,21). The van der Waals surface area contributed by atoms with Crippen LogP contribution in [-0.2, 0) is 0 Å². The molecule has 0 bridgehead atoms. The van der Waals surface area contributed by atoms with Crippen LogP contribution in [0.3, 0.4) is 0 Å². The van der Waals surface area contributed by atoms with Gasteiger partial charge in [0.15, 0.2) is 0 Å². The number of rotatable bonds is 3. The SMILES string of the molecule is COc1ccc(C=Cc2nc3cc(Cl)ccc3c(=O)[nH]2)cc1. The van der Waals surface area contributed by atoms with Crippen LogP contribution in [0.5, 0.6) is 5.75 Å². The molecule has 0 unspecified atom stereocenters. The highest BCUT2D eigenvalue weighted by Gasteiger charge is 2.02. The van der Waals surface area contributed by atoms with Gasteiger partial charge >= 0.3 is 0 Å². The lowest BCUT2D eigenvalue weighted by Crippen LogP contribution is -2.09. The summed E-state index contributed by atoms with van der Waals surface area (Å²) in [7, 11) is 1.62. The van der Waals surface area contributed by atoms with Crippen molar-refractivity contribution < 1.29 is 4.74 Å². The van der Waals surface area contributed by atoms with Crippen molar-refractivity contribution in [2.75, 3.05) is 7.11 Å². The van der Waals surface area contributed by atoms with Crippen molar-refractivity contribution in [3.8, 4) is 5.75 Å². The van der Waals surface area contributed by atoms with Gasteiger partial charge < -0.3 is 9.72 Å². The van der Waals surface area contributed by atoms with Gasteiger partial charge in [0.1, 0.15) is 11.6 Å². The minimum atomic E-state index is -0.184. The second-order valence-electron chi connectivity index (χ2n) is 4.72. The number of hydrogen-bond acceptors (Lipinski definition) is 3. The summed E-state index contributed by atoms with van der Waals surface area (Å²) < 4.78 is 5.11. The van der Waals surface area contributed by atoms with E-state index in [0.29, 0.717) is 21.7 Å². The molecule has 0 aliphatic heterocycles. The number of aromatic nitrogens is 2. The van der Waals surface area contributed by atoms with Crippen molar-refractivity contribution in [2.45, 2.75) is 0 Å². The molecule has 110 valence electrons. The first-order valence-corrected chi connectivity index (χ1v) is 7.05. The molecular formula is C17H13ClN2O2. The van der Waals surface area contributed by atoms with Crippen molar-refractivity contribution in [1.29, 1.82) is 0 Å². The summed E-state index contributed by atoms with van der Waals surface area (Å²) in [5.74, 6) is 1.28. The van der Waals surface area contributed by atoms with E-state index in [2.05, 4.69) is 9.97 Å². The molecule has 0 saturated heterocycles. The average molecular weight is 313 g/mol. The van der Waals surface area contributed by atoms with Crippen LogP contribution in [0.2, 0.25) is 5.02 Å². The third-order valence-electron chi connectivity index (χ3n) is 3.24. The minimum Gasteiger partial charge on any atom is -0.497 e. The van der Waals surface area contributed by atoms with Crippen molar-refractivity contribution >= 4 is 34.7 Å². The molecule has 0 radical (unpaired) electrons. The third kappa shape index (κ3) is 3.02. The molecule has 5 heteroatoms. The Hall–Kier alpha value is -2.59. The lowest BCUT2D eigenvalue weighted by atomic mass is 10.2. The summed E-state index contributed by atoms with van der Waals surface area (Å²) in [6.07, 6.45) is 3.62. The van der Waals surface area contributed by atoms with E-state index < -0.39 is 0 Å². The molecule has 4 nitrogen and oxygen atoms in total. The molecule has 0 amide bonds. The number of H-pyrrole nitrogens is 1. The molecule has 1 heterocycles. The van der Waals surface area contributed by atoms with Crippen LogP contribution in [-0.4, -0.2) is 17.1 Å². The highest BCUT2D eigenvalue weighted by molar-refractivity contribution is 6.31. The summed E-state index contributed by atoms with van der Waals surface area (Å²) in [4.78, 5) is 19.2. The number of methoxy groups -OCH3 is 1. The zero-order chi connectivity index (χ0) is 15.5. The van der Waals surface area contributed by atoms with Gasteiger partial charge in [-0.15, -0.1) is 0 Å².